The molecule has 0 unspecified atom stereocenters. The van der Waals surface area contributed by atoms with Crippen LogP contribution >= 0.6 is 0 Å². The highest BCUT2D eigenvalue weighted by molar-refractivity contribution is 5.23. The number of hydrogen-bond acceptors (Lipinski definition) is 2. The Morgan fingerprint density at radius 3 is 3.13 bits per heavy atom. The standard InChI is InChI=1S/C12H18N2O/c1-3-9-4-6-12(11(8-9)15-12)10-5-7-13-14(10)2/h5,7,9,11H,3-4,6,8H2,1-2H3/t9-,11+,12-/m1/s1. The van der Waals surface area contributed by atoms with Gasteiger partial charge in [-0.1, -0.05) is 13.3 Å². The van der Waals surface area contributed by atoms with E-state index in [1.807, 2.05) is 17.9 Å². The second-order valence-electron chi connectivity index (χ2n) is 4.88. The number of nitrogens with zero attached hydrogens (tertiary/aromatic N) is 2. The average molecular weight is 206 g/mol. The summed E-state index contributed by atoms with van der Waals surface area (Å²) in [6, 6.07) is 2.10. The molecule has 0 amide bonds. The second-order valence-corrected chi connectivity index (χ2v) is 4.88. The third-order valence-corrected chi connectivity index (χ3v) is 4.12. The van der Waals surface area contributed by atoms with E-state index in [0.29, 0.717) is 6.10 Å². The zero-order valence-corrected chi connectivity index (χ0v) is 9.44. The highest BCUT2D eigenvalue weighted by atomic mass is 16.6. The van der Waals surface area contributed by atoms with Crippen molar-refractivity contribution in [1.82, 2.24) is 9.78 Å². The third-order valence-electron chi connectivity index (χ3n) is 4.12. The first kappa shape index (κ1) is 9.40. The fourth-order valence-electron chi connectivity index (χ4n) is 3.03. The van der Waals surface area contributed by atoms with Gasteiger partial charge in [0.2, 0.25) is 0 Å². The van der Waals surface area contributed by atoms with Crippen LogP contribution in [0.5, 0.6) is 0 Å². The summed E-state index contributed by atoms with van der Waals surface area (Å²) in [5.41, 5.74) is 1.30. The maximum Gasteiger partial charge on any atom is 0.136 e. The molecule has 1 aromatic rings. The van der Waals surface area contributed by atoms with Crippen LogP contribution in [0.15, 0.2) is 12.3 Å². The minimum atomic E-state index is 0.0386. The van der Waals surface area contributed by atoms with Crippen LogP contribution in [0.25, 0.3) is 0 Å². The first-order valence-electron chi connectivity index (χ1n) is 5.92. The van der Waals surface area contributed by atoms with Gasteiger partial charge in [0, 0.05) is 13.2 Å². The molecule has 3 nitrogen and oxygen atoms in total. The Morgan fingerprint density at radius 1 is 1.67 bits per heavy atom. The molecule has 1 saturated heterocycles. The molecule has 3 atom stereocenters. The van der Waals surface area contributed by atoms with Gasteiger partial charge in [0.15, 0.2) is 0 Å². The van der Waals surface area contributed by atoms with Crippen LogP contribution in [0.1, 0.15) is 38.3 Å². The maximum atomic E-state index is 5.96. The summed E-state index contributed by atoms with van der Waals surface area (Å²) < 4.78 is 7.93. The summed E-state index contributed by atoms with van der Waals surface area (Å²) in [4.78, 5) is 0. The third kappa shape index (κ3) is 1.26. The Hall–Kier alpha value is -0.830. The molecule has 2 heterocycles. The number of fused-ring (bicyclic) bond motifs is 1. The van der Waals surface area contributed by atoms with E-state index in [1.54, 1.807) is 0 Å². The molecule has 1 aromatic heterocycles. The van der Waals surface area contributed by atoms with Crippen LogP contribution < -0.4 is 0 Å². The van der Waals surface area contributed by atoms with Gasteiger partial charge in [0.1, 0.15) is 5.60 Å². The molecule has 3 rings (SSSR count). The monoisotopic (exact) mass is 206 g/mol. The van der Waals surface area contributed by atoms with Crippen molar-refractivity contribution in [1.29, 1.82) is 0 Å². The fraction of sp³-hybridized carbons (Fsp3) is 0.750. The van der Waals surface area contributed by atoms with Gasteiger partial charge >= 0.3 is 0 Å². The smallest absolute Gasteiger partial charge is 0.136 e. The number of aromatic nitrogens is 2. The summed E-state index contributed by atoms with van der Waals surface area (Å²) in [5, 5.41) is 4.24. The Kier molecular flexibility index (Phi) is 1.93. The van der Waals surface area contributed by atoms with E-state index in [2.05, 4.69) is 18.1 Å². The van der Waals surface area contributed by atoms with Crippen molar-refractivity contribution in [2.24, 2.45) is 13.0 Å². The zero-order chi connectivity index (χ0) is 10.5. The molecule has 0 bridgehead atoms. The molecule has 2 fully saturated rings. The van der Waals surface area contributed by atoms with Crippen LogP contribution in [-0.4, -0.2) is 15.9 Å². The molecule has 0 radical (unpaired) electrons. The lowest BCUT2D eigenvalue weighted by Gasteiger charge is -2.23. The normalized spacial score (nSPS) is 38.8. The van der Waals surface area contributed by atoms with E-state index in [9.17, 15) is 0 Å². The van der Waals surface area contributed by atoms with E-state index in [0.717, 1.165) is 5.92 Å². The van der Waals surface area contributed by atoms with Gasteiger partial charge in [-0.15, -0.1) is 0 Å². The van der Waals surface area contributed by atoms with E-state index in [1.165, 1.54) is 31.4 Å². The quantitative estimate of drug-likeness (QED) is 0.695. The molecule has 1 aliphatic heterocycles. The predicted molar refractivity (Wildman–Crippen MR) is 57.4 cm³/mol. The highest BCUT2D eigenvalue weighted by Gasteiger charge is 2.61. The van der Waals surface area contributed by atoms with Gasteiger partial charge in [0.05, 0.1) is 11.8 Å². The van der Waals surface area contributed by atoms with Crippen molar-refractivity contribution in [2.45, 2.75) is 44.3 Å². The van der Waals surface area contributed by atoms with Crippen molar-refractivity contribution < 1.29 is 4.74 Å². The van der Waals surface area contributed by atoms with Crippen LogP contribution in [0.3, 0.4) is 0 Å². The van der Waals surface area contributed by atoms with Gasteiger partial charge in [-0.25, -0.2) is 0 Å². The van der Waals surface area contributed by atoms with Crippen molar-refractivity contribution in [3.63, 3.8) is 0 Å². The topological polar surface area (TPSA) is 30.4 Å². The number of hydrogen-bond donors (Lipinski definition) is 0. The summed E-state index contributed by atoms with van der Waals surface area (Å²) in [7, 11) is 2.01. The van der Waals surface area contributed by atoms with Crippen LogP contribution in [0.2, 0.25) is 0 Å². The van der Waals surface area contributed by atoms with E-state index in [4.69, 9.17) is 4.74 Å². The average Bonchev–Trinajstić information content (AvgIpc) is 2.83. The predicted octanol–water partition coefficient (Wildman–Crippen LogP) is 2.22. The molecule has 15 heavy (non-hydrogen) atoms. The minimum absolute atomic E-state index is 0.0386. The van der Waals surface area contributed by atoms with Gasteiger partial charge in [0.25, 0.3) is 0 Å². The molecule has 1 saturated carbocycles. The van der Waals surface area contributed by atoms with Gasteiger partial charge in [-0.05, 0) is 31.2 Å². The molecule has 82 valence electrons. The first-order chi connectivity index (χ1) is 7.26. The van der Waals surface area contributed by atoms with Gasteiger partial charge < -0.3 is 4.74 Å². The van der Waals surface area contributed by atoms with E-state index >= 15 is 0 Å². The molecule has 0 aromatic carbocycles. The Labute approximate surface area is 90.4 Å². The van der Waals surface area contributed by atoms with Crippen molar-refractivity contribution in [2.75, 3.05) is 0 Å². The largest absolute Gasteiger partial charge is 0.359 e. The lowest BCUT2D eigenvalue weighted by atomic mass is 9.79. The van der Waals surface area contributed by atoms with E-state index in [-0.39, 0.29) is 5.60 Å². The molecular weight excluding hydrogens is 188 g/mol. The molecular formula is C12H18N2O. The van der Waals surface area contributed by atoms with Crippen molar-refractivity contribution in [3.8, 4) is 0 Å². The maximum absolute atomic E-state index is 5.96. The fourth-order valence-corrected chi connectivity index (χ4v) is 3.03. The van der Waals surface area contributed by atoms with Crippen molar-refractivity contribution >= 4 is 0 Å². The Balaban J connectivity index is 1.83. The number of epoxide rings is 1. The number of ether oxygens (including phenoxy) is 1. The van der Waals surface area contributed by atoms with E-state index < -0.39 is 0 Å². The van der Waals surface area contributed by atoms with Crippen molar-refractivity contribution in [3.05, 3.63) is 18.0 Å². The molecule has 2 aliphatic rings. The van der Waals surface area contributed by atoms with Crippen LogP contribution in [0.4, 0.5) is 0 Å². The summed E-state index contributed by atoms with van der Waals surface area (Å²) >= 11 is 0. The highest BCUT2D eigenvalue weighted by Crippen LogP contribution is 2.56. The molecule has 0 spiro atoms. The lowest BCUT2D eigenvalue weighted by Crippen LogP contribution is -2.24. The molecule has 1 aliphatic carbocycles. The molecule has 0 N–H and O–H groups in total. The summed E-state index contributed by atoms with van der Waals surface area (Å²) in [5.74, 6) is 0.874. The van der Waals surface area contributed by atoms with Crippen LogP contribution in [0, 0.1) is 5.92 Å². The first-order valence-corrected chi connectivity index (χ1v) is 5.92. The lowest BCUT2D eigenvalue weighted by molar-refractivity contribution is 0.270. The summed E-state index contributed by atoms with van der Waals surface area (Å²) in [6.07, 6.45) is 7.35. The second kappa shape index (κ2) is 3.08. The van der Waals surface area contributed by atoms with Gasteiger partial charge in [-0.3, -0.25) is 4.68 Å². The Bertz CT molecular complexity index is 373. The SMILES string of the molecule is CC[C@@H]1CC[C@]2(c3ccnn3C)O[C@H]2C1. The summed E-state index contributed by atoms with van der Waals surface area (Å²) in [6.45, 7) is 2.28. The number of rotatable bonds is 2. The number of aryl methyl sites for hydroxylation is 1. The minimum Gasteiger partial charge on any atom is -0.359 e. The van der Waals surface area contributed by atoms with Gasteiger partial charge in [-0.2, -0.15) is 5.10 Å². The zero-order valence-electron chi connectivity index (χ0n) is 9.44. The van der Waals surface area contributed by atoms with Crippen LogP contribution in [-0.2, 0) is 17.4 Å². The molecule has 3 heteroatoms. The Morgan fingerprint density at radius 2 is 2.53 bits per heavy atom.